The summed E-state index contributed by atoms with van der Waals surface area (Å²) in [6, 6.07) is 7.01. The Morgan fingerprint density at radius 3 is 2.62 bits per heavy atom. The van der Waals surface area contributed by atoms with Gasteiger partial charge >= 0.3 is 0 Å². The third-order valence-corrected chi connectivity index (χ3v) is 3.69. The number of hydrogen-bond acceptors (Lipinski definition) is 4. The number of carbonyl (C=O) groups is 1. The minimum atomic E-state index is -0.652. The van der Waals surface area contributed by atoms with Crippen LogP contribution in [0.5, 0.6) is 0 Å². The summed E-state index contributed by atoms with van der Waals surface area (Å²) in [4.78, 5) is 11.7. The van der Waals surface area contributed by atoms with Gasteiger partial charge in [0.15, 0.2) is 0 Å². The number of methoxy groups -OCH3 is 1. The van der Waals surface area contributed by atoms with Crippen molar-refractivity contribution in [2.24, 2.45) is 5.73 Å². The largest absolute Gasteiger partial charge is 0.383 e. The van der Waals surface area contributed by atoms with Gasteiger partial charge in [-0.25, -0.2) is 0 Å². The molecule has 1 atom stereocenters. The molecule has 0 saturated heterocycles. The highest BCUT2D eigenvalue weighted by Gasteiger charge is 2.15. The van der Waals surface area contributed by atoms with Gasteiger partial charge < -0.3 is 20.5 Å². The van der Waals surface area contributed by atoms with Gasteiger partial charge in [-0.15, -0.1) is 0 Å². The van der Waals surface area contributed by atoms with Gasteiger partial charge in [0, 0.05) is 12.8 Å². The maximum Gasteiger partial charge on any atom is 0.243 e. The minimum Gasteiger partial charge on any atom is -0.383 e. The molecule has 116 valence electrons. The molecule has 0 spiro atoms. The van der Waals surface area contributed by atoms with Crippen LogP contribution < -0.4 is 11.1 Å². The lowest BCUT2D eigenvalue weighted by molar-refractivity contribution is -0.118. The van der Waals surface area contributed by atoms with Crippen molar-refractivity contribution in [3.63, 3.8) is 0 Å². The molecule has 1 amide bonds. The SMILES string of the molecule is COCC(N)C(=O)Nc1ccc(COC2CCCC2)cc1. The first kappa shape index (κ1) is 15.9. The van der Waals surface area contributed by atoms with Crippen molar-refractivity contribution in [1.29, 1.82) is 0 Å². The van der Waals surface area contributed by atoms with Crippen LogP contribution in [-0.4, -0.2) is 31.8 Å². The fourth-order valence-electron chi connectivity index (χ4n) is 2.44. The van der Waals surface area contributed by atoms with E-state index in [1.807, 2.05) is 24.3 Å². The third-order valence-electron chi connectivity index (χ3n) is 3.69. The van der Waals surface area contributed by atoms with Crippen molar-refractivity contribution in [1.82, 2.24) is 0 Å². The highest BCUT2D eigenvalue weighted by molar-refractivity contribution is 5.94. The third kappa shape index (κ3) is 5.12. The highest BCUT2D eigenvalue weighted by Crippen LogP contribution is 2.22. The highest BCUT2D eigenvalue weighted by atomic mass is 16.5. The molecule has 5 nitrogen and oxygen atoms in total. The Balaban J connectivity index is 1.79. The average molecular weight is 292 g/mol. The van der Waals surface area contributed by atoms with Crippen molar-refractivity contribution in [2.45, 2.75) is 44.4 Å². The molecule has 0 aliphatic heterocycles. The van der Waals surface area contributed by atoms with E-state index in [0.717, 1.165) is 11.3 Å². The Morgan fingerprint density at radius 1 is 1.33 bits per heavy atom. The second kappa shape index (κ2) is 8.12. The first-order valence-electron chi connectivity index (χ1n) is 7.45. The summed E-state index contributed by atoms with van der Waals surface area (Å²) in [7, 11) is 1.52. The van der Waals surface area contributed by atoms with Crippen LogP contribution in [0.2, 0.25) is 0 Å². The number of hydrogen-bond donors (Lipinski definition) is 2. The molecule has 1 aromatic rings. The van der Waals surface area contributed by atoms with Crippen molar-refractivity contribution >= 4 is 11.6 Å². The molecule has 1 aliphatic rings. The van der Waals surface area contributed by atoms with Crippen LogP contribution in [0.4, 0.5) is 5.69 Å². The Morgan fingerprint density at radius 2 is 2.00 bits per heavy atom. The summed E-state index contributed by atoms with van der Waals surface area (Å²) in [6.07, 6.45) is 5.31. The maximum absolute atomic E-state index is 11.7. The molecule has 3 N–H and O–H groups in total. The monoisotopic (exact) mass is 292 g/mol. The van der Waals surface area contributed by atoms with Crippen LogP contribution in [-0.2, 0) is 20.9 Å². The van der Waals surface area contributed by atoms with Crippen LogP contribution in [0.1, 0.15) is 31.2 Å². The van der Waals surface area contributed by atoms with E-state index >= 15 is 0 Å². The Labute approximate surface area is 125 Å². The second-order valence-corrected chi connectivity index (χ2v) is 5.47. The van der Waals surface area contributed by atoms with Gasteiger partial charge in [0.05, 0.1) is 19.3 Å². The summed E-state index contributed by atoms with van der Waals surface area (Å²) >= 11 is 0. The first-order chi connectivity index (χ1) is 10.2. The van der Waals surface area contributed by atoms with E-state index in [1.165, 1.54) is 32.8 Å². The van der Waals surface area contributed by atoms with Crippen LogP contribution in [0.25, 0.3) is 0 Å². The lowest BCUT2D eigenvalue weighted by Crippen LogP contribution is -2.39. The number of amides is 1. The molecule has 0 aromatic heterocycles. The van der Waals surface area contributed by atoms with Gasteiger partial charge in [0.2, 0.25) is 5.91 Å². The topological polar surface area (TPSA) is 73.6 Å². The van der Waals surface area contributed by atoms with Gasteiger partial charge in [0.25, 0.3) is 0 Å². The Bertz CT molecular complexity index is 441. The lowest BCUT2D eigenvalue weighted by atomic mass is 10.2. The number of anilines is 1. The number of nitrogens with two attached hydrogens (primary N) is 1. The Hall–Kier alpha value is -1.43. The van der Waals surface area contributed by atoms with E-state index in [0.29, 0.717) is 12.7 Å². The van der Waals surface area contributed by atoms with Crippen molar-refractivity contribution in [3.05, 3.63) is 29.8 Å². The smallest absolute Gasteiger partial charge is 0.243 e. The molecule has 21 heavy (non-hydrogen) atoms. The number of ether oxygens (including phenoxy) is 2. The molecule has 2 rings (SSSR count). The van der Waals surface area contributed by atoms with Crippen LogP contribution in [0.3, 0.4) is 0 Å². The molecule has 1 saturated carbocycles. The van der Waals surface area contributed by atoms with Gasteiger partial charge in [0.1, 0.15) is 6.04 Å². The standard InChI is InChI=1S/C16H24N2O3/c1-20-11-15(17)16(19)18-13-8-6-12(7-9-13)10-21-14-4-2-3-5-14/h6-9,14-15H,2-5,10-11,17H2,1H3,(H,18,19). The summed E-state index contributed by atoms with van der Waals surface area (Å²) in [6.45, 7) is 0.835. The van der Waals surface area contributed by atoms with Crippen LogP contribution >= 0.6 is 0 Å². The van der Waals surface area contributed by atoms with E-state index in [4.69, 9.17) is 15.2 Å². The first-order valence-corrected chi connectivity index (χ1v) is 7.45. The molecule has 1 fully saturated rings. The predicted molar refractivity (Wildman–Crippen MR) is 82.0 cm³/mol. The number of nitrogens with one attached hydrogen (secondary N) is 1. The average Bonchev–Trinajstić information content (AvgIpc) is 3.00. The Kier molecular flexibility index (Phi) is 6.17. The van der Waals surface area contributed by atoms with Gasteiger partial charge in [-0.1, -0.05) is 25.0 Å². The fraction of sp³-hybridized carbons (Fsp3) is 0.562. The van der Waals surface area contributed by atoms with Gasteiger partial charge in [-0.2, -0.15) is 0 Å². The normalized spacial score (nSPS) is 16.9. The molecule has 0 bridgehead atoms. The zero-order valence-electron chi connectivity index (χ0n) is 12.5. The van der Waals surface area contributed by atoms with Crippen LogP contribution in [0.15, 0.2) is 24.3 Å². The van der Waals surface area contributed by atoms with Crippen LogP contribution in [0, 0.1) is 0 Å². The quantitative estimate of drug-likeness (QED) is 0.806. The fourth-order valence-corrected chi connectivity index (χ4v) is 2.44. The summed E-state index contributed by atoms with van der Waals surface area (Å²) in [5, 5.41) is 2.77. The van der Waals surface area contributed by atoms with Crippen molar-refractivity contribution in [2.75, 3.05) is 19.0 Å². The molecule has 5 heteroatoms. The molecule has 1 unspecified atom stereocenters. The predicted octanol–water partition coefficient (Wildman–Crippen LogP) is 2.06. The zero-order valence-corrected chi connectivity index (χ0v) is 12.5. The zero-order chi connectivity index (χ0) is 15.1. The van der Waals surface area contributed by atoms with Crippen molar-refractivity contribution in [3.8, 4) is 0 Å². The van der Waals surface area contributed by atoms with E-state index < -0.39 is 6.04 Å². The molecule has 0 heterocycles. The van der Waals surface area contributed by atoms with Gasteiger partial charge in [-0.3, -0.25) is 4.79 Å². The van der Waals surface area contributed by atoms with E-state index in [2.05, 4.69) is 5.32 Å². The van der Waals surface area contributed by atoms with Gasteiger partial charge in [-0.05, 0) is 30.5 Å². The summed E-state index contributed by atoms with van der Waals surface area (Å²) in [5.41, 5.74) is 7.51. The van der Waals surface area contributed by atoms with E-state index in [9.17, 15) is 4.79 Å². The summed E-state index contributed by atoms with van der Waals surface area (Å²) in [5.74, 6) is -0.244. The lowest BCUT2D eigenvalue weighted by Gasteiger charge is -2.13. The van der Waals surface area contributed by atoms with E-state index in [1.54, 1.807) is 0 Å². The molecular weight excluding hydrogens is 268 g/mol. The molecular formula is C16H24N2O3. The van der Waals surface area contributed by atoms with Crippen molar-refractivity contribution < 1.29 is 14.3 Å². The number of benzene rings is 1. The molecule has 1 aliphatic carbocycles. The molecule has 0 radical (unpaired) electrons. The maximum atomic E-state index is 11.7. The number of rotatable bonds is 7. The summed E-state index contributed by atoms with van der Waals surface area (Å²) < 4.78 is 10.7. The van der Waals surface area contributed by atoms with E-state index in [-0.39, 0.29) is 12.5 Å². The number of carbonyl (C=O) groups excluding carboxylic acids is 1. The second-order valence-electron chi connectivity index (χ2n) is 5.47. The molecule has 1 aromatic carbocycles. The minimum absolute atomic E-state index is 0.207.